The Morgan fingerprint density at radius 1 is 0.338 bits per heavy atom. The SMILES string of the molecule is CC1(C)c2ccccc2-c2c(-c3ccccc3N(c3ccc4c(c3)C(c3ccccc3)(c3ccc5oc6ccccc6c5c3)c3ccccc3-4)c3cccc4c3ccc3ccccc34)cccc21. The van der Waals surface area contributed by atoms with E-state index in [9.17, 15) is 0 Å². The van der Waals surface area contributed by atoms with Crippen molar-refractivity contribution in [2.24, 2.45) is 0 Å². The number of furan rings is 1. The van der Waals surface area contributed by atoms with Crippen LogP contribution in [0.4, 0.5) is 17.1 Å². The van der Waals surface area contributed by atoms with Crippen molar-refractivity contribution in [3.05, 3.63) is 270 Å². The summed E-state index contributed by atoms with van der Waals surface area (Å²) in [6.07, 6.45) is 0. The summed E-state index contributed by atoms with van der Waals surface area (Å²) in [5, 5.41) is 7.14. The van der Waals surface area contributed by atoms with E-state index in [-0.39, 0.29) is 5.41 Å². The topological polar surface area (TPSA) is 16.4 Å². The summed E-state index contributed by atoms with van der Waals surface area (Å²) in [5.41, 5.74) is 19.6. The van der Waals surface area contributed by atoms with Gasteiger partial charge >= 0.3 is 0 Å². The fourth-order valence-electron chi connectivity index (χ4n) is 12.3. The van der Waals surface area contributed by atoms with E-state index in [0.717, 1.165) is 39.0 Å². The van der Waals surface area contributed by atoms with Crippen LogP contribution in [0.5, 0.6) is 0 Å². The summed E-state index contributed by atoms with van der Waals surface area (Å²) in [7, 11) is 0. The highest BCUT2D eigenvalue weighted by molar-refractivity contribution is 6.14. The molecule has 2 aliphatic rings. The molecule has 68 heavy (non-hydrogen) atoms. The molecular weight excluding hydrogens is 823 g/mol. The molecule has 12 aromatic rings. The zero-order valence-electron chi connectivity index (χ0n) is 37.9. The first-order valence-corrected chi connectivity index (χ1v) is 23.8. The van der Waals surface area contributed by atoms with Crippen molar-refractivity contribution < 1.29 is 4.42 Å². The molecule has 0 aliphatic heterocycles. The number of benzene rings is 11. The number of hydrogen-bond donors (Lipinski definition) is 0. The quantitative estimate of drug-likeness (QED) is 0.155. The lowest BCUT2D eigenvalue weighted by molar-refractivity contribution is 0.660. The Morgan fingerprint density at radius 2 is 0.971 bits per heavy atom. The van der Waals surface area contributed by atoms with Crippen LogP contribution in [0.25, 0.3) is 76.9 Å². The van der Waals surface area contributed by atoms with E-state index in [2.05, 4.69) is 255 Å². The molecule has 1 heterocycles. The summed E-state index contributed by atoms with van der Waals surface area (Å²) in [6.45, 7) is 4.74. The fraction of sp³-hybridized carbons (Fsp3) is 0.0606. The fourth-order valence-corrected chi connectivity index (χ4v) is 12.3. The molecule has 0 amide bonds. The first-order valence-electron chi connectivity index (χ1n) is 23.8. The van der Waals surface area contributed by atoms with Gasteiger partial charge in [0.05, 0.1) is 16.8 Å². The molecule has 1 atom stereocenters. The Morgan fingerprint density at radius 3 is 1.85 bits per heavy atom. The van der Waals surface area contributed by atoms with Crippen molar-refractivity contribution in [2.45, 2.75) is 24.7 Å². The van der Waals surface area contributed by atoms with Crippen molar-refractivity contribution in [3.8, 4) is 33.4 Å². The third kappa shape index (κ3) is 5.34. The van der Waals surface area contributed by atoms with Crippen LogP contribution in [-0.4, -0.2) is 0 Å². The lowest BCUT2D eigenvalue weighted by Crippen LogP contribution is -2.28. The number of anilines is 3. The van der Waals surface area contributed by atoms with Crippen molar-refractivity contribution in [3.63, 3.8) is 0 Å². The maximum absolute atomic E-state index is 6.46. The van der Waals surface area contributed by atoms with E-state index in [1.807, 2.05) is 0 Å². The number of hydrogen-bond acceptors (Lipinski definition) is 2. The monoisotopic (exact) mass is 867 g/mol. The van der Waals surface area contributed by atoms with Crippen LogP contribution in [0, 0.1) is 0 Å². The van der Waals surface area contributed by atoms with Crippen LogP contribution >= 0.6 is 0 Å². The number of nitrogens with zero attached hydrogens (tertiary/aromatic N) is 1. The average molecular weight is 868 g/mol. The summed E-state index contributed by atoms with van der Waals surface area (Å²) in [6, 6.07) is 87.9. The molecule has 2 heteroatoms. The third-order valence-corrected chi connectivity index (χ3v) is 15.4. The summed E-state index contributed by atoms with van der Waals surface area (Å²) in [4.78, 5) is 2.55. The van der Waals surface area contributed by atoms with Gasteiger partial charge in [0.1, 0.15) is 11.2 Å². The van der Waals surface area contributed by atoms with Crippen molar-refractivity contribution in [1.82, 2.24) is 0 Å². The maximum Gasteiger partial charge on any atom is 0.135 e. The minimum absolute atomic E-state index is 0.130. The van der Waals surface area contributed by atoms with Gasteiger partial charge in [-0.25, -0.2) is 0 Å². The van der Waals surface area contributed by atoms with Gasteiger partial charge in [0.25, 0.3) is 0 Å². The van der Waals surface area contributed by atoms with Gasteiger partial charge in [-0.2, -0.15) is 0 Å². The third-order valence-electron chi connectivity index (χ3n) is 15.4. The Bertz CT molecular complexity index is 4020. The predicted molar refractivity (Wildman–Crippen MR) is 284 cm³/mol. The molecule has 1 unspecified atom stereocenters. The highest BCUT2D eigenvalue weighted by Crippen LogP contribution is 2.59. The average Bonchev–Trinajstić information content (AvgIpc) is 4.00. The van der Waals surface area contributed by atoms with Crippen molar-refractivity contribution >= 4 is 60.5 Å². The highest BCUT2D eigenvalue weighted by atomic mass is 16.3. The molecule has 14 rings (SSSR count). The van der Waals surface area contributed by atoms with E-state index < -0.39 is 5.41 Å². The van der Waals surface area contributed by atoms with Crippen molar-refractivity contribution in [1.29, 1.82) is 0 Å². The Balaban J connectivity index is 1.08. The number of para-hydroxylation sites is 2. The first kappa shape index (κ1) is 38.8. The van der Waals surface area contributed by atoms with E-state index in [1.54, 1.807) is 0 Å². The lowest BCUT2D eigenvalue weighted by atomic mass is 9.67. The van der Waals surface area contributed by atoms with E-state index in [1.165, 1.54) is 88.3 Å². The molecule has 0 spiro atoms. The molecule has 11 aromatic carbocycles. The molecule has 0 saturated carbocycles. The molecule has 1 aromatic heterocycles. The highest BCUT2D eigenvalue weighted by Gasteiger charge is 2.47. The second kappa shape index (κ2) is 14.5. The van der Waals surface area contributed by atoms with Crippen LogP contribution in [0.15, 0.2) is 241 Å². The van der Waals surface area contributed by atoms with Crippen LogP contribution in [0.1, 0.15) is 47.2 Å². The molecule has 0 radical (unpaired) electrons. The van der Waals surface area contributed by atoms with Crippen LogP contribution in [0.2, 0.25) is 0 Å². The van der Waals surface area contributed by atoms with Crippen LogP contribution in [0.3, 0.4) is 0 Å². The van der Waals surface area contributed by atoms with E-state index >= 15 is 0 Å². The predicted octanol–water partition coefficient (Wildman–Crippen LogP) is 17.7. The van der Waals surface area contributed by atoms with Gasteiger partial charge < -0.3 is 9.32 Å². The Kier molecular flexibility index (Phi) is 8.28. The Hall–Kier alpha value is -8.46. The molecule has 2 aliphatic carbocycles. The standard InChI is InChI=1S/C66H45NO/c1-65(2)56-28-12-9-25-54(56)64-53(27-16-30-58(64)65)50-23-10-14-31-60(50)67(61-32-17-26-47-46-21-7-6-18-42(46)34-37-51(47)61)45-36-38-49-48-22-8-13-29-57(48)66(59(49)41-45,43-19-4-3-5-20-43)44-35-39-63-55(40-44)52-24-11-15-33-62(52)68-63/h3-41H,1-2H3. The molecule has 0 bridgehead atoms. The van der Waals surface area contributed by atoms with Gasteiger partial charge in [-0.1, -0.05) is 208 Å². The minimum atomic E-state index is -0.647. The second-order valence-corrected chi connectivity index (χ2v) is 19.1. The summed E-state index contributed by atoms with van der Waals surface area (Å²) < 4.78 is 6.46. The van der Waals surface area contributed by atoms with E-state index in [0.29, 0.717) is 0 Å². The zero-order chi connectivity index (χ0) is 45.1. The zero-order valence-corrected chi connectivity index (χ0v) is 37.9. The first-order chi connectivity index (χ1) is 33.5. The second-order valence-electron chi connectivity index (χ2n) is 19.1. The van der Waals surface area contributed by atoms with Gasteiger partial charge in [0.2, 0.25) is 0 Å². The maximum atomic E-state index is 6.46. The number of rotatable bonds is 6. The molecular formula is C66H45NO. The molecule has 2 nitrogen and oxygen atoms in total. The molecule has 0 N–H and O–H groups in total. The Labute approximate surface area is 396 Å². The largest absolute Gasteiger partial charge is 0.456 e. The summed E-state index contributed by atoms with van der Waals surface area (Å²) >= 11 is 0. The van der Waals surface area contributed by atoms with Gasteiger partial charge in [-0.3, -0.25) is 0 Å². The smallest absolute Gasteiger partial charge is 0.135 e. The van der Waals surface area contributed by atoms with Gasteiger partial charge in [-0.05, 0) is 120 Å². The van der Waals surface area contributed by atoms with Crippen molar-refractivity contribution in [2.75, 3.05) is 4.90 Å². The van der Waals surface area contributed by atoms with Gasteiger partial charge in [0.15, 0.2) is 0 Å². The summed E-state index contributed by atoms with van der Waals surface area (Å²) in [5.74, 6) is 0. The normalized spacial score (nSPS) is 15.4. The molecule has 0 saturated heterocycles. The van der Waals surface area contributed by atoms with Gasteiger partial charge in [0, 0.05) is 32.8 Å². The van der Waals surface area contributed by atoms with Crippen LogP contribution in [-0.2, 0) is 10.8 Å². The number of fused-ring (bicyclic) bond motifs is 12. The van der Waals surface area contributed by atoms with E-state index in [4.69, 9.17) is 4.42 Å². The van der Waals surface area contributed by atoms with Crippen LogP contribution < -0.4 is 4.90 Å². The lowest BCUT2D eigenvalue weighted by Gasteiger charge is -2.35. The van der Waals surface area contributed by atoms with Gasteiger partial charge in [-0.15, -0.1) is 0 Å². The molecule has 0 fully saturated rings. The minimum Gasteiger partial charge on any atom is -0.456 e. The molecule has 320 valence electrons.